The number of halogens is 2. The number of para-hydroxylation sites is 1. The molecule has 0 fully saturated rings. The molecule has 2 N–H and O–H groups in total. The standard InChI is InChI=1S/C27H32F2N4.2C2H6/c1-6-10-21(18-30-5)19(2)31-26-16-25(33(32-26)23-11-8-7-9-12-23)20-13-14-24(28)22(15-20)17-27(3,4)29;2*1-2/h6-9,11-16,21,30H,1-2,10,17-18H2,3-5H3,(H,31,32);2*1-2H3. The Labute approximate surface area is 222 Å². The van der Waals surface area contributed by atoms with Crippen LogP contribution in [0.25, 0.3) is 16.9 Å². The van der Waals surface area contributed by atoms with Gasteiger partial charge in [-0.05, 0) is 63.2 Å². The van der Waals surface area contributed by atoms with Gasteiger partial charge in [0.2, 0.25) is 0 Å². The van der Waals surface area contributed by atoms with Gasteiger partial charge < -0.3 is 10.6 Å². The number of anilines is 1. The van der Waals surface area contributed by atoms with Crippen molar-refractivity contribution in [1.82, 2.24) is 15.1 Å². The van der Waals surface area contributed by atoms with Crippen molar-refractivity contribution in [3.05, 3.63) is 90.9 Å². The molecule has 0 aliphatic rings. The van der Waals surface area contributed by atoms with Gasteiger partial charge in [-0.3, -0.25) is 0 Å². The first-order valence-electron chi connectivity index (χ1n) is 13.1. The summed E-state index contributed by atoms with van der Waals surface area (Å²) in [6.07, 6.45) is 2.63. The lowest BCUT2D eigenvalue weighted by Crippen LogP contribution is -2.23. The van der Waals surface area contributed by atoms with E-state index in [0.29, 0.717) is 11.4 Å². The van der Waals surface area contributed by atoms with Crippen molar-refractivity contribution in [2.75, 3.05) is 18.9 Å². The highest BCUT2D eigenvalue weighted by atomic mass is 19.1. The van der Waals surface area contributed by atoms with E-state index in [4.69, 9.17) is 5.10 Å². The molecule has 37 heavy (non-hydrogen) atoms. The SMILES string of the molecule is C=CCC(CNC)C(=C)Nc1cc(-c2ccc(F)c(CC(C)(C)F)c2)n(-c2ccccc2)n1.CC.CC. The maximum Gasteiger partial charge on any atom is 0.153 e. The van der Waals surface area contributed by atoms with E-state index in [1.807, 2.05) is 77.2 Å². The predicted octanol–water partition coefficient (Wildman–Crippen LogP) is 8.36. The van der Waals surface area contributed by atoms with Crippen LogP contribution in [-0.4, -0.2) is 29.0 Å². The van der Waals surface area contributed by atoms with E-state index < -0.39 is 11.5 Å². The monoisotopic (exact) mass is 510 g/mol. The molecule has 0 bridgehead atoms. The highest BCUT2D eigenvalue weighted by Crippen LogP contribution is 2.30. The summed E-state index contributed by atoms with van der Waals surface area (Å²) in [4.78, 5) is 0. The van der Waals surface area contributed by atoms with E-state index in [2.05, 4.69) is 23.8 Å². The topological polar surface area (TPSA) is 41.9 Å². The van der Waals surface area contributed by atoms with Crippen molar-refractivity contribution >= 4 is 5.82 Å². The van der Waals surface area contributed by atoms with Crippen LogP contribution in [-0.2, 0) is 6.42 Å². The van der Waals surface area contributed by atoms with Gasteiger partial charge in [-0.1, -0.05) is 58.5 Å². The number of nitrogens with one attached hydrogen (secondary N) is 2. The fraction of sp³-hybridized carbons (Fsp3) is 0.387. The van der Waals surface area contributed by atoms with Crippen LogP contribution in [0, 0.1) is 11.7 Å². The summed E-state index contributed by atoms with van der Waals surface area (Å²) in [5.74, 6) is 0.365. The second-order valence-corrected chi connectivity index (χ2v) is 8.79. The van der Waals surface area contributed by atoms with Crippen molar-refractivity contribution in [2.45, 2.75) is 60.1 Å². The van der Waals surface area contributed by atoms with Crippen LogP contribution in [0.1, 0.15) is 53.5 Å². The summed E-state index contributed by atoms with van der Waals surface area (Å²) >= 11 is 0. The smallest absolute Gasteiger partial charge is 0.153 e. The zero-order valence-electron chi connectivity index (χ0n) is 23.5. The van der Waals surface area contributed by atoms with Gasteiger partial charge in [0, 0.05) is 36.2 Å². The average Bonchev–Trinajstić information content (AvgIpc) is 3.31. The molecule has 202 valence electrons. The molecule has 4 nitrogen and oxygen atoms in total. The molecule has 0 amide bonds. The summed E-state index contributed by atoms with van der Waals surface area (Å²) in [6, 6.07) is 16.4. The molecule has 0 radical (unpaired) electrons. The Hall–Kier alpha value is -3.25. The first kappa shape index (κ1) is 31.8. The third-order valence-electron chi connectivity index (χ3n) is 5.35. The molecule has 1 atom stereocenters. The number of nitrogens with zero attached hydrogens (tertiary/aromatic N) is 2. The van der Waals surface area contributed by atoms with Crippen LogP contribution in [0.2, 0.25) is 0 Å². The second-order valence-electron chi connectivity index (χ2n) is 8.79. The Bertz CT molecular complexity index is 1100. The van der Waals surface area contributed by atoms with E-state index in [1.165, 1.54) is 19.9 Å². The molecule has 1 heterocycles. The lowest BCUT2D eigenvalue weighted by atomic mass is 9.97. The van der Waals surface area contributed by atoms with Crippen molar-refractivity contribution in [3.8, 4) is 16.9 Å². The second kappa shape index (κ2) is 15.8. The fourth-order valence-electron chi connectivity index (χ4n) is 3.80. The Kier molecular flexibility index (Phi) is 13.5. The summed E-state index contributed by atoms with van der Waals surface area (Å²) in [7, 11) is 1.90. The molecular weight excluding hydrogens is 466 g/mol. The van der Waals surface area contributed by atoms with Gasteiger partial charge in [0.1, 0.15) is 11.5 Å². The van der Waals surface area contributed by atoms with E-state index >= 15 is 0 Å². The van der Waals surface area contributed by atoms with Gasteiger partial charge in [-0.25, -0.2) is 13.5 Å². The molecule has 0 aliphatic carbocycles. The summed E-state index contributed by atoms with van der Waals surface area (Å²) in [6.45, 7) is 19.7. The van der Waals surface area contributed by atoms with Crippen molar-refractivity contribution in [3.63, 3.8) is 0 Å². The third kappa shape index (κ3) is 9.62. The minimum atomic E-state index is -1.52. The lowest BCUT2D eigenvalue weighted by molar-refractivity contribution is 0.215. The zero-order valence-corrected chi connectivity index (χ0v) is 23.5. The van der Waals surface area contributed by atoms with Crippen molar-refractivity contribution in [2.24, 2.45) is 5.92 Å². The number of aromatic nitrogens is 2. The van der Waals surface area contributed by atoms with Crippen molar-refractivity contribution < 1.29 is 8.78 Å². The van der Waals surface area contributed by atoms with Crippen LogP contribution in [0.4, 0.5) is 14.6 Å². The van der Waals surface area contributed by atoms with Gasteiger partial charge in [0.15, 0.2) is 5.82 Å². The Morgan fingerprint density at radius 3 is 2.30 bits per heavy atom. The summed E-state index contributed by atoms with van der Waals surface area (Å²) < 4.78 is 30.5. The van der Waals surface area contributed by atoms with Crippen LogP contribution in [0.15, 0.2) is 79.5 Å². The predicted molar refractivity (Wildman–Crippen MR) is 156 cm³/mol. The summed E-state index contributed by atoms with van der Waals surface area (Å²) in [5, 5.41) is 11.3. The molecule has 3 rings (SSSR count). The van der Waals surface area contributed by atoms with Crippen LogP contribution in [0.3, 0.4) is 0 Å². The number of hydrogen-bond donors (Lipinski definition) is 2. The first-order chi connectivity index (χ1) is 17.7. The van der Waals surface area contributed by atoms with E-state index in [9.17, 15) is 8.78 Å². The number of benzene rings is 2. The van der Waals surface area contributed by atoms with E-state index in [-0.39, 0.29) is 12.3 Å². The summed E-state index contributed by atoms with van der Waals surface area (Å²) in [5.41, 5.74) is 2.02. The van der Waals surface area contributed by atoms with Crippen LogP contribution >= 0.6 is 0 Å². The quantitative estimate of drug-likeness (QED) is 0.255. The van der Waals surface area contributed by atoms with Crippen LogP contribution < -0.4 is 10.6 Å². The van der Waals surface area contributed by atoms with Gasteiger partial charge in [-0.15, -0.1) is 11.7 Å². The maximum absolute atomic E-state index is 14.4. The molecule has 0 saturated carbocycles. The molecule has 1 aromatic heterocycles. The molecular formula is C31H44F2N4. The molecule has 0 aliphatic heterocycles. The highest BCUT2D eigenvalue weighted by molar-refractivity contribution is 5.67. The zero-order chi connectivity index (χ0) is 28.0. The molecule has 6 heteroatoms. The number of rotatable bonds is 11. The van der Waals surface area contributed by atoms with E-state index in [1.54, 1.807) is 16.8 Å². The van der Waals surface area contributed by atoms with Gasteiger partial charge in [0.05, 0.1) is 11.4 Å². The molecule has 0 spiro atoms. The van der Waals surface area contributed by atoms with Gasteiger partial charge in [-0.2, -0.15) is 0 Å². The minimum absolute atomic E-state index is 0.0126. The normalized spacial score (nSPS) is 11.4. The van der Waals surface area contributed by atoms with Gasteiger partial charge >= 0.3 is 0 Å². The molecule has 1 unspecified atom stereocenters. The number of allylic oxidation sites excluding steroid dienone is 1. The van der Waals surface area contributed by atoms with Crippen molar-refractivity contribution in [1.29, 1.82) is 0 Å². The van der Waals surface area contributed by atoms with Gasteiger partial charge in [0.25, 0.3) is 0 Å². The number of hydrogen-bond acceptors (Lipinski definition) is 3. The van der Waals surface area contributed by atoms with Crippen LogP contribution in [0.5, 0.6) is 0 Å². The third-order valence-corrected chi connectivity index (χ3v) is 5.35. The Morgan fingerprint density at radius 1 is 1.08 bits per heavy atom. The van der Waals surface area contributed by atoms with E-state index in [0.717, 1.165) is 35.6 Å². The average molecular weight is 511 g/mol. The molecule has 2 aromatic carbocycles. The maximum atomic E-state index is 14.4. The Balaban J connectivity index is 0.00000163. The highest BCUT2D eigenvalue weighted by Gasteiger charge is 2.21. The minimum Gasteiger partial charge on any atom is -0.343 e. The number of alkyl halides is 1. The largest absolute Gasteiger partial charge is 0.343 e. The first-order valence-corrected chi connectivity index (χ1v) is 13.1. The Morgan fingerprint density at radius 2 is 1.73 bits per heavy atom. The fourth-order valence-corrected chi connectivity index (χ4v) is 3.80. The molecule has 3 aromatic rings. The lowest BCUT2D eigenvalue weighted by Gasteiger charge is -2.18. The molecule has 0 saturated heterocycles.